The molecule has 2 aromatic rings. The maximum absolute atomic E-state index is 11.9. The molecule has 0 fully saturated rings. The van der Waals surface area contributed by atoms with E-state index in [0.29, 0.717) is 11.6 Å². The van der Waals surface area contributed by atoms with Crippen molar-refractivity contribution in [3.63, 3.8) is 0 Å². The number of benzene rings is 1. The van der Waals surface area contributed by atoms with Crippen LogP contribution < -0.4 is 10.6 Å². The van der Waals surface area contributed by atoms with Crippen LogP contribution in [0.5, 0.6) is 0 Å². The lowest BCUT2D eigenvalue weighted by Crippen LogP contribution is -2.41. The predicted molar refractivity (Wildman–Crippen MR) is 89.8 cm³/mol. The Hall–Kier alpha value is -2.74. The Morgan fingerprint density at radius 3 is 2.58 bits per heavy atom. The highest BCUT2D eigenvalue weighted by atomic mass is 32.1. The van der Waals surface area contributed by atoms with Crippen LogP contribution in [0.2, 0.25) is 0 Å². The van der Waals surface area contributed by atoms with Gasteiger partial charge in [-0.2, -0.15) is 0 Å². The average molecular weight is 347 g/mol. The Morgan fingerprint density at radius 2 is 1.92 bits per heavy atom. The van der Waals surface area contributed by atoms with Gasteiger partial charge in [0, 0.05) is 17.5 Å². The van der Waals surface area contributed by atoms with Crippen LogP contribution in [-0.2, 0) is 9.53 Å². The molecule has 0 saturated heterocycles. The molecule has 0 bridgehead atoms. The van der Waals surface area contributed by atoms with Crippen LogP contribution in [0.25, 0.3) is 10.6 Å². The van der Waals surface area contributed by atoms with Crippen molar-refractivity contribution in [2.45, 2.75) is 13.8 Å². The van der Waals surface area contributed by atoms with Gasteiger partial charge in [-0.05, 0) is 13.8 Å². The highest BCUT2D eigenvalue weighted by Crippen LogP contribution is 2.24. The third kappa shape index (κ3) is 4.88. The van der Waals surface area contributed by atoms with Crippen molar-refractivity contribution in [1.29, 1.82) is 0 Å². The lowest BCUT2D eigenvalue weighted by molar-refractivity contribution is -0.123. The summed E-state index contributed by atoms with van der Waals surface area (Å²) >= 11 is 1.31. The number of hydrogen-bond donors (Lipinski definition) is 2. The molecule has 1 heterocycles. The predicted octanol–water partition coefficient (Wildman–Crippen LogP) is 2.12. The summed E-state index contributed by atoms with van der Waals surface area (Å²) in [5.41, 5.74) is 2.16. The highest BCUT2D eigenvalue weighted by molar-refractivity contribution is 7.13. The molecule has 3 amide bonds. The van der Waals surface area contributed by atoms with Gasteiger partial charge in [0.1, 0.15) is 5.01 Å². The summed E-state index contributed by atoms with van der Waals surface area (Å²) in [4.78, 5) is 38.7. The van der Waals surface area contributed by atoms with E-state index in [9.17, 15) is 14.4 Å². The fraction of sp³-hybridized carbons (Fsp3) is 0.250. The molecule has 0 radical (unpaired) electrons. The van der Waals surface area contributed by atoms with Gasteiger partial charge in [0.25, 0.3) is 5.91 Å². The lowest BCUT2D eigenvalue weighted by atomic mass is 10.2. The van der Waals surface area contributed by atoms with E-state index in [0.717, 1.165) is 11.1 Å². The van der Waals surface area contributed by atoms with E-state index in [1.807, 2.05) is 36.5 Å². The van der Waals surface area contributed by atoms with Crippen LogP contribution in [-0.4, -0.2) is 36.0 Å². The number of carbonyl (C=O) groups is 3. The number of ether oxygens (including phenoxy) is 1. The first-order valence-electron chi connectivity index (χ1n) is 7.27. The van der Waals surface area contributed by atoms with E-state index >= 15 is 0 Å². The summed E-state index contributed by atoms with van der Waals surface area (Å²) in [6.07, 6.45) is 0. The summed E-state index contributed by atoms with van der Waals surface area (Å²) in [7, 11) is 0. The minimum atomic E-state index is -0.712. The molecule has 0 saturated carbocycles. The number of esters is 1. The van der Waals surface area contributed by atoms with Gasteiger partial charge in [-0.3, -0.25) is 10.1 Å². The fourth-order valence-electron chi connectivity index (χ4n) is 1.77. The van der Waals surface area contributed by atoms with E-state index < -0.39 is 24.5 Å². The Morgan fingerprint density at radius 1 is 1.21 bits per heavy atom. The summed E-state index contributed by atoms with van der Waals surface area (Å²) in [5, 5.41) is 6.70. The molecule has 24 heavy (non-hydrogen) atoms. The minimum Gasteiger partial charge on any atom is -0.451 e. The first kappa shape index (κ1) is 17.6. The van der Waals surface area contributed by atoms with Gasteiger partial charge in [-0.1, -0.05) is 29.8 Å². The molecule has 1 aromatic carbocycles. The average Bonchev–Trinajstić information content (AvgIpc) is 3.03. The van der Waals surface area contributed by atoms with Crippen LogP contribution >= 0.6 is 11.3 Å². The van der Waals surface area contributed by atoms with E-state index in [2.05, 4.69) is 10.3 Å². The van der Waals surface area contributed by atoms with Crippen LogP contribution in [0, 0.1) is 6.92 Å². The third-order valence-corrected chi connectivity index (χ3v) is 3.83. The Bertz CT molecular complexity index is 740. The zero-order chi connectivity index (χ0) is 17.5. The van der Waals surface area contributed by atoms with Crippen molar-refractivity contribution in [1.82, 2.24) is 15.6 Å². The Balaban J connectivity index is 1.90. The van der Waals surface area contributed by atoms with Crippen molar-refractivity contribution >= 4 is 29.2 Å². The maximum atomic E-state index is 11.9. The molecule has 0 aliphatic rings. The number of urea groups is 1. The second kappa shape index (κ2) is 8.21. The molecule has 7 nitrogen and oxygen atoms in total. The molecule has 2 N–H and O–H groups in total. The van der Waals surface area contributed by atoms with Crippen LogP contribution in [0.4, 0.5) is 4.79 Å². The number of amides is 3. The number of nitrogens with zero attached hydrogens (tertiary/aromatic N) is 1. The maximum Gasteiger partial charge on any atom is 0.358 e. The highest BCUT2D eigenvalue weighted by Gasteiger charge is 2.15. The van der Waals surface area contributed by atoms with Crippen LogP contribution in [0.15, 0.2) is 29.6 Å². The SMILES string of the molecule is CCNC(=O)NC(=O)COC(=O)c1csc(-c2ccc(C)cc2)n1. The second-order valence-corrected chi connectivity index (χ2v) is 5.75. The zero-order valence-electron chi connectivity index (χ0n) is 13.3. The van der Waals surface area contributed by atoms with Gasteiger partial charge in [0.2, 0.25) is 0 Å². The van der Waals surface area contributed by atoms with Gasteiger partial charge in [-0.15, -0.1) is 11.3 Å². The van der Waals surface area contributed by atoms with Crippen molar-refractivity contribution < 1.29 is 19.1 Å². The number of imide groups is 1. The molecule has 126 valence electrons. The zero-order valence-corrected chi connectivity index (χ0v) is 14.1. The summed E-state index contributed by atoms with van der Waals surface area (Å²) in [6, 6.07) is 7.13. The van der Waals surface area contributed by atoms with E-state index in [1.165, 1.54) is 11.3 Å². The molecule has 0 unspecified atom stereocenters. The quantitative estimate of drug-likeness (QED) is 0.808. The van der Waals surface area contributed by atoms with Gasteiger partial charge in [-0.25, -0.2) is 14.6 Å². The molecular weight excluding hydrogens is 330 g/mol. The van der Waals surface area contributed by atoms with Gasteiger partial charge < -0.3 is 10.1 Å². The fourth-order valence-corrected chi connectivity index (χ4v) is 2.56. The van der Waals surface area contributed by atoms with Crippen molar-refractivity contribution in [2.24, 2.45) is 0 Å². The molecule has 1 aromatic heterocycles. The normalized spacial score (nSPS) is 10.1. The molecule has 0 atom stereocenters. The standard InChI is InChI=1S/C16H17N3O4S/c1-3-17-16(22)19-13(20)8-23-15(21)12-9-24-14(18-12)11-6-4-10(2)5-7-11/h4-7,9H,3,8H2,1-2H3,(H2,17,19,20,22). The van der Waals surface area contributed by atoms with Crippen molar-refractivity contribution in [2.75, 3.05) is 13.2 Å². The third-order valence-electron chi connectivity index (χ3n) is 2.94. The van der Waals surface area contributed by atoms with Crippen molar-refractivity contribution in [3.8, 4) is 10.6 Å². The number of nitrogens with one attached hydrogen (secondary N) is 2. The van der Waals surface area contributed by atoms with Crippen LogP contribution in [0.1, 0.15) is 23.0 Å². The lowest BCUT2D eigenvalue weighted by Gasteiger charge is -2.05. The van der Waals surface area contributed by atoms with E-state index in [-0.39, 0.29) is 5.69 Å². The first-order valence-corrected chi connectivity index (χ1v) is 8.15. The number of thiazole rings is 1. The molecular formula is C16H17N3O4S. The van der Waals surface area contributed by atoms with Gasteiger partial charge in [0.15, 0.2) is 12.3 Å². The minimum absolute atomic E-state index is 0.126. The number of carbonyl (C=O) groups excluding carboxylic acids is 3. The number of aryl methyl sites for hydroxylation is 1. The summed E-state index contributed by atoms with van der Waals surface area (Å²) in [5.74, 6) is -1.42. The van der Waals surface area contributed by atoms with E-state index in [1.54, 1.807) is 12.3 Å². The van der Waals surface area contributed by atoms with E-state index in [4.69, 9.17) is 4.74 Å². The number of rotatable bonds is 5. The van der Waals surface area contributed by atoms with Crippen molar-refractivity contribution in [3.05, 3.63) is 40.9 Å². The largest absolute Gasteiger partial charge is 0.451 e. The molecule has 0 aliphatic heterocycles. The Labute approximate surface area is 143 Å². The van der Waals surface area contributed by atoms with Crippen LogP contribution in [0.3, 0.4) is 0 Å². The number of hydrogen-bond acceptors (Lipinski definition) is 6. The summed E-state index contributed by atoms with van der Waals surface area (Å²) in [6.45, 7) is 3.55. The van der Waals surface area contributed by atoms with Gasteiger partial charge >= 0.3 is 12.0 Å². The molecule has 2 rings (SSSR count). The smallest absolute Gasteiger partial charge is 0.358 e. The Kier molecular flexibility index (Phi) is 6.02. The second-order valence-electron chi connectivity index (χ2n) is 4.89. The topological polar surface area (TPSA) is 97.4 Å². The number of aromatic nitrogens is 1. The molecule has 8 heteroatoms. The molecule has 0 spiro atoms. The molecule has 0 aliphatic carbocycles. The monoisotopic (exact) mass is 347 g/mol. The van der Waals surface area contributed by atoms with Gasteiger partial charge in [0.05, 0.1) is 0 Å². The summed E-state index contributed by atoms with van der Waals surface area (Å²) < 4.78 is 4.85. The first-order chi connectivity index (χ1) is 11.5.